The highest BCUT2D eigenvalue weighted by molar-refractivity contribution is 7.90. The Labute approximate surface area is 295 Å². The van der Waals surface area contributed by atoms with Crippen molar-refractivity contribution in [2.24, 2.45) is 0 Å². The van der Waals surface area contributed by atoms with E-state index in [0.717, 1.165) is 7.05 Å². The molecule has 56 heavy (non-hydrogen) atoms. The third kappa shape index (κ3) is 8.38. The summed E-state index contributed by atoms with van der Waals surface area (Å²) in [5.74, 6) is -95.2. The van der Waals surface area contributed by atoms with Gasteiger partial charge >= 0.3 is 70.7 Å². The van der Waals surface area contributed by atoms with Crippen molar-refractivity contribution in [3.63, 3.8) is 0 Å². The van der Waals surface area contributed by atoms with E-state index in [1.165, 1.54) is 0 Å². The Hall–Kier alpha value is -2.01. The molecular formula is C21H22F25N2O6S2+. The quantitative estimate of drug-likeness (QED) is 0.0493. The molecule has 0 aliphatic carbocycles. The standard InChI is InChI=1S/C21H21F25N2O6S2/c1-48(7-8-49,6-3-9-55(50,51)52)5-2-4-47-56(53,54)21(45,46)19(40,41)17(36,37)15(32,33)13(28,29)11(24,25)10(22,23)12(26,27)14(30,31)16(34,35)18(38,39)20(42,43)44/h47,49H,2-9H2,1H3/p+1. The van der Waals surface area contributed by atoms with Crippen LogP contribution in [0.25, 0.3) is 0 Å². The maximum Gasteiger partial charge on any atom is 0.460 e. The number of sulfonamides is 1. The molecule has 0 radical (unpaired) electrons. The summed E-state index contributed by atoms with van der Waals surface area (Å²) in [6.45, 7) is -4.01. The van der Waals surface area contributed by atoms with Gasteiger partial charge in [0.25, 0.3) is 20.1 Å². The molecule has 1 unspecified atom stereocenters. The van der Waals surface area contributed by atoms with E-state index in [1.54, 1.807) is 0 Å². The van der Waals surface area contributed by atoms with Gasteiger partial charge in [-0.15, -0.1) is 0 Å². The topological polar surface area (TPSA) is 121 Å². The van der Waals surface area contributed by atoms with Crippen molar-refractivity contribution in [1.29, 1.82) is 0 Å². The third-order valence-corrected chi connectivity index (χ3v) is 9.84. The highest BCUT2D eigenvalue weighted by atomic mass is 32.2. The number of nitrogens with zero attached hydrogens (tertiary/aromatic N) is 1. The number of quaternary nitrogens is 1. The zero-order valence-electron chi connectivity index (χ0n) is 26.4. The Kier molecular flexibility index (Phi) is 14.7. The van der Waals surface area contributed by atoms with E-state index in [1.807, 2.05) is 0 Å². The predicted octanol–water partition coefficient (Wildman–Crippen LogP) is 6.52. The van der Waals surface area contributed by atoms with Crippen LogP contribution in [-0.2, 0) is 20.1 Å². The predicted molar refractivity (Wildman–Crippen MR) is 131 cm³/mol. The fraction of sp³-hybridized carbons (Fsp3) is 1.00. The van der Waals surface area contributed by atoms with Crippen LogP contribution in [0.5, 0.6) is 0 Å². The molecule has 0 aliphatic rings. The lowest BCUT2D eigenvalue weighted by atomic mass is 9.85. The largest absolute Gasteiger partial charge is 0.460 e. The molecule has 0 bridgehead atoms. The Morgan fingerprint density at radius 2 is 0.750 bits per heavy atom. The molecule has 35 heteroatoms. The number of aliphatic hydroxyl groups excluding tert-OH is 1. The zero-order chi connectivity index (χ0) is 45.9. The van der Waals surface area contributed by atoms with Crippen LogP contribution in [0, 0.1) is 0 Å². The van der Waals surface area contributed by atoms with E-state index in [-0.39, 0.29) is 0 Å². The molecule has 0 aromatic carbocycles. The van der Waals surface area contributed by atoms with Crippen molar-refractivity contribution in [2.45, 2.75) is 83.5 Å². The van der Waals surface area contributed by atoms with E-state index in [4.69, 9.17) is 9.66 Å². The lowest BCUT2D eigenvalue weighted by Gasteiger charge is -2.45. The number of rotatable bonds is 22. The van der Waals surface area contributed by atoms with Gasteiger partial charge in [-0.1, -0.05) is 0 Å². The first-order valence-corrected chi connectivity index (χ1v) is 16.7. The molecule has 0 saturated heterocycles. The average Bonchev–Trinajstić information content (AvgIpc) is 2.97. The van der Waals surface area contributed by atoms with Crippen molar-refractivity contribution in [2.75, 3.05) is 45.6 Å². The maximum absolute atomic E-state index is 14.3. The number of hydrogen-bond acceptors (Lipinski definition) is 5. The smallest absolute Gasteiger partial charge is 0.391 e. The first kappa shape index (κ1) is 54.0. The van der Waals surface area contributed by atoms with Gasteiger partial charge in [-0.05, 0) is 0 Å². The minimum Gasteiger partial charge on any atom is -0.391 e. The highest BCUT2D eigenvalue weighted by Gasteiger charge is 3.00. The first-order valence-electron chi connectivity index (χ1n) is 13.6. The number of alkyl halides is 25. The molecule has 0 aromatic rings. The summed E-state index contributed by atoms with van der Waals surface area (Å²) in [5, 5.41) is 1.03. The average molecular weight is 937 g/mol. The summed E-state index contributed by atoms with van der Waals surface area (Å²) in [6.07, 6.45) is -9.72. The molecule has 8 nitrogen and oxygen atoms in total. The van der Waals surface area contributed by atoms with Gasteiger partial charge < -0.3 is 9.59 Å². The number of halogens is 25. The molecule has 0 aliphatic heterocycles. The van der Waals surface area contributed by atoms with Gasteiger partial charge in [0.05, 0.1) is 32.5 Å². The van der Waals surface area contributed by atoms with Gasteiger partial charge in [0.1, 0.15) is 6.54 Å². The lowest BCUT2D eigenvalue weighted by molar-refractivity contribution is -0.909. The molecule has 0 spiro atoms. The van der Waals surface area contributed by atoms with Crippen LogP contribution in [-0.4, -0.2) is 147 Å². The van der Waals surface area contributed by atoms with Crippen molar-refractivity contribution in [1.82, 2.24) is 4.72 Å². The Bertz CT molecular complexity index is 1600. The van der Waals surface area contributed by atoms with Crippen LogP contribution in [0.3, 0.4) is 0 Å². The van der Waals surface area contributed by atoms with Crippen molar-refractivity contribution >= 4 is 20.1 Å². The second-order valence-electron chi connectivity index (χ2n) is 11.7. The van der Waals surface area contributed by atoms with Crippen molar-refractivity contribution < 1.29 is 141 Å². The molecule has 1 atom stereocenters. The van der Waals surface area contributed by atoms with E-state index in [2.05, 4.69) is 0 Å². The summed E-state index contributed by atoms with van der Waals surface area (Å²) < 4.78 is 394. The van der Waals surface area contributed by atoms with Crippen LogP contribution >= 0.6 is 0 Å². The van der Waals surface area contributed by atoms with Crippen molar-refractivity contribution in [3.8, 4) is 0 Å². The van der Waals surface area contributed by atoms with Gasteiger partial charge in [-0.25, -0.2) is 13.1 Å². The van der Waals surface area contributed by atoms with Crippen LogP contribution in [0.15, 0.2) is 0 Å². The summed E-state index contributed by atoms with van der Waals surface area (Å²) in [6, 6.07) is 0. The molecule has 338 valence electrons. The zero-order valence-corrected chi connectivity index (χ0v) is 28.0. The first-order chi connectivity index (χ1) is 24.0. The summed E-state index contributed by atoms with van der Waals surface area (Å²) >= 11 is 0. The van der Waals surface area contributed by atoms with E-state index in [9.17, 15) is 127 Å². The molecule has 3 N–H and O–H groups in total. The van der Waals surface area contributed by atoms with E-state index in [0.29, 0.717) is 4.72 Å². The van der Waals surface area contributed by atoms with E-state index >= 15 is 0 Å². The summed E-state index contributed by atoms with van der Waals surface area (Å²) in [5.41, 5.74) is 0. The second kappa shape index (κ2) is 15.2. The molecule has 0 saturated carbocycles. The molecule has 0 fully saturated rings. The fourth-order valence-corrected chi connectivity index (χ4v) is 5.62. The third-order valence-electron chi connectivity index (χ3n) is 7.51. The van der Waals surface area contributed by atoms with Gasteiger partial charge in [-0.2, -0.15) is 118 Å². The molecule has 0 rings (SSSR count). The van der Waals surface area contributed by atoms with Gasteiger partial charge in [0, 0.05) is 19.4 Å². The van der Waals surface area contributed by atoms with Gasteiger partial charge in [-0.3, -0.25) is 4.55 Å². The highest BCUT2D eigenvalue weighted by Crippen LogP contribution is 2.68. The Balaban J connectivity index is 6.90. The molecular weight excluding hydrogens is 915 g/mol. The van der Waals surface area contributed by atoms with Crippen LogP contribution < -0.4 is 4.72 Å². The summed E-state index contributed by atoms with van der Waals surface area (Å²) in [4.78, 5) is 0. The van der Waals surface area contributed by atoms with Crippen LogP contribution in [0.1, 0.15) is 12.8 Å². The monoisotopic (exact) mass is 937 g/mol. The lowest BCUT2D eigenvalue weighted by Crippen LogP contribution is -2.78. The number of aliphatic hydroxyl groups is 1. The van der Waals surface area contributed by atoms with Gasteiger partial charge in [0.15, 0.2) is 0 Å². The van der Waals surface area contributed by atoms with Crippen LogP contribution in [0.4, 0.5) is 110 Å². The number of likely N-dealkylation sites (N-methyl/N-ethyl adjacent to an activating group) is 1. The van der Waals surface area contributed by atoms with E-state index < -0.39 is 147 Å². The molecule has 0 amide bonds. The Morgan fingerprint density at radius 3 is 1.04 bits per heavy atom. The second-order valence-corrected chi connectivity index (χ2v) is 15.0. The van der Waals surface area contributed by atoms with Crippen LogP contribution in [0.2, 0.25) is 0 Å². The SMILES string of the molecule is C[N+](CCO)(CCCNS(=O)(=O)C(F)(F)C(F)(F)C(F)(F)C(F)(F)C(F)(F)C(F)(F)C(F)(F)C(F)(F)C(F)(F)C(F)(F)C(F)(F)C(F)(F)F)CCCS(=O)(=O)O. The summed E-state index contributed by atoms with van der Waals surface area (Å²) in [7, 11) is -11.3. The fourth-order valence-electron chi connectivity index (χ4n) is 4.07. The minimum atomic E-state index is -9.80. The Morgan fingerprint density at radius 1 is 0.464 bits per heavy atom. The normalized spacial score (nSPS) is 17.3. The van der Waals surface area contributed by atoms with Crippen molar-refractivity contribution in [3.05, 3.63) is 0 Å². The maximum atomic E-state index is 14.3. The number of nitrogens with one attached hydrogen (secondary N) is 1. The number of hydrogen-bond donors (Lipinski definition) is 3. The molecule has 0 aromatic heterocycles. The minimum absolute atomic E-state index is 0.296. The molecule has 0 heterocycles. The van der Waals surface area contributed by atoms with Gasteiger partial charge in [0.2, 0.25) is 0 Å².